The predicted octanol–water partition coefficient (Wildman–Crippen LogP) is 3.67. The molecule has 3 aromatic rings. The second kappa shape index (κ2) is 5.49. The number of carbonyl (C=O) groups is 1. The van der Waals surface area contributed by atoms with E-state index in [1.807, 2.05) is 38.1 Å². The highest BCUT2D eigenvalue weighted by atomic mass is 32.1. The van der Waals surface area contributed by atoms with Gasteiger partial charge in [0.25, 0.3) is 5.91 Å². The quantitative estimate of drug-likeness (QED) is 0.801. The molecule has 0 aliphatic heterocycles. The minimum absolute atomic E-state index is 0.258. The molecule has 2 heterocycles. The van der Waals surface area contributed by atoms with Gasteiger partial charge in [0.15, 0.2) is 23.0 Å². The summed E-state index contributed by atoms with van der Waals surface area (Å²) in [4.78, 5) is 21.5. The minimum Gasteiger partial charge on any atom is -0.443 e. The molecule has 2 aromatic heterocycles. The lowest BCUT2D eigenvalue weighted by molar-refractivity contribution is 0.102. The van der Waals surface area contributed by atoms with Gasteiger partial charge in [0.2, 0.25) is 0 Å². The number of anilines is 1. The lowest BCUT2D eigenvalue weighted by Gasteiger charge is -2.02. The van der Waals surface area contributed by atoms with Gasteiger partial charge >= 0.3 is 0 Å². The number of aromatic nitrogens is 2. The van der Waals surface area contributed by atoms with E-state index in [9.17, 15) is 4.79 Å². The molecule has 1 aromatic carbocycles. The summed E-state index contributed by atoms with van der Waals surface area (Å²) in [5.41, 5.74) is 2.17. The highest BCUT2D eigenvalue weighted by molar-refractivity contribution is 7.15. The van der Waals surface area contributed by atoms with Crippen LogP contribution in [-0.4, -0.2) is 15.9 Å². The zero-order valence-corrected chi connectivity index (χ0v) is 12.4. The Labute approximate surface area is 125 Å². The monoisotopic (exact) mass is 299 g/mol. The van der Waals surface area contributed by atoms with Gasteiger partial charge in [0.05, 0.1) is 0 Å². The van der Waals surface area contributed by atoms with Crippen molar-refractivity contribution in [2.75, 3.05) is 5.32 Å². The number of nitrogens with one attached hydrogen (secondary N) is 1. The molecular weight excluding hydrogens is 286 g/mol. The summed E-state index contributed by atoms with van der Waals surface area (Å²) in [6.07, 6.45) is 2.99. The second-order valence-corrected chi connectivity index (χ2v) is 5.86. The largest absolute Gasteiger partial charge is 0.443 e. The first-order valence-electron chi connectivity index (χ1n) is 6.38. The zero-order valence-electron chi connectivity index (χ0n) is 11.6. The Hall–Kier alpha value is -2.47. The van der Waals surface area contributed by atoms with E-state index in [0.717, 1.165) is 16.0 Å². The van der Waals surface area contributed by atoms with Gasteiger partial charge in [-0.05, 0) is 19.9 Å². The van der Waals surface area contributed by atoms with Crippen LogP contribution < -0.4 is 5.32 Å². The lowest BCUT2D eigenvalue weighted by atomic mass is 10.1. The van der Waals surface area contributed by atoms with Gasteiger partial charge < -0.3 is 4.42 Å². The van der Waals surface area contributed by atoms with Gasteiger partial charge in [0, 0.05) is 16.6 Å². The summed E-state index contributed by atoms with van der Waals surface area (Å²) < 4.78 is 5.38. The van der Waals surface area contributed by atoms with E-state index >= 15 is 0 Å². The van der Waals surface area contributed by atoms with Crippen molar-refractivity contribution in [3.8, 4) is 11.3 Å². The third-order valence-corrected chi connectivity index (χ3v) is 3.73. The molecule has 0 saturated heterocycles. The average molecular weight is 299 g/mol. The van der Waals surface area contributed by atoms with Crippen LogP contribution in [0.3, 0.4) is 0 Å². The Morgan fingerprint density at radius 2 is 2.14 bits per heavy atom. The van der Waals surface area contributed by atoms with Crippen LogP contribution in [0, 0.1) is 13.8 Å². The van der Waals surface area contributed by atoms with Gasteiger partial charge in [-0.3, -0.25) is 10.1 Å². The van der Waals surface area contributed by atoms with Gasteiger partial charge in [-0.2, -0.15) is 0 Å². The summed E-state index contributed by atoms with van der Waals surface area (Å²) in [5.74, 6) is 0.138. The maximum atomic E-state index is 12.3. The van der Waals surface area contributed by atoms with Crippen LogP contribution >= 0.6 is 11.3 Å². The van der Waals surface area contributed by atoms with Crippen LogP contribution in [-0.2, 0) is 0 Å². The topological polar surface area (TPSA) is 68.0 Å². The van der Waals surface area contributed by atoms with Crippen LogP contribution in [0.15, 0.2) is 41.3 Å². The molecule has 21 heavy (non-hydrogen) atoms. The SMILES string of the molecule is Cc1cccc(-c2ocnc2C(=O)Nc2ncc(C)s2)c1. The number of carbonyl (C=O) groups excluding carboxylic acids is 1. The third-order valence-electron chi connectivity index (χ3n) is 2.90. The number of rotatable bonds is 3. The molecule has 0 fully saturated rings. The zero-order chi connectivity index (χ0) is 14.8. The van der Waals surface area contributed by atoms with Crippen LogP contribution in [0.4, 0.5) is 5.13 Å². The molecule has 0 saturated carbocycles. The molecule has 0 spiro atoms. The summed E-state index contributed by atoms with van der Waals surface area (Å²) in [5, 5.41) is 3.29. The number of thiazole rings is 1. The van der Waals surface area contributed by atoms with Gasteiger partial charge in [-0.25, -0.2) is 9.97 Å². The van der Waals surface area contributed by atoms with E-state index in [1.165, 1.54) is 17.7 Å². The first kappa shape index (κ1) is 13.5. The third kappa shape index (κ3) is 2.85. The number of benzene rings is 1. The van der Waals surface area contributed by atoms with E-state index in [-0.39, 0.29) is 11.6 Å². The summed E-state index contributed by atoms with van der Waals surface area (Å²) in [6.45, 7) is 3.92. The Balaban J connectivity index is 1.90. The number of oxazole rings is 1. The van der Waals surface area contributed by atoms with Crippen molar-refractivity contribution in [2.24, 2.45) is 0 Å². The van der Waals surface area contributed by atoms with Crippen LogP contribution in [0.5, 0.6) is 0 Å². The fourth-order valence-corrected chi connectivity index (χ4v) is 2.63. The molecule has 6 heteroatoms. The Bertz CT molecular complexity index is 792. The standard InChI is InChI=1S/C15H13N3O2S/c1-9-4-3-5-11(6-9)13-12(17-8-20-13)14(19)18-15-16-7-10(2)21-15/h3-8H,1-2H3,(H,16,18,19). The first-order chi connectivity index (χ1) is 10.1. The molecular formula is C15H13N3O2S. The van der Waals surface area contributed by atoms with Gasteiger partial charge in [-0.1, -0.05) is 23.8 Å². The molecule has 5 nitrogen and oxygen atoms in total. The predicted molar refractivity (Wildman–Crippen MR) is 81.5 cm³/mol. The Morgan fingerprint density at radius 1 is 1.29 bits per heavy atom. The van der Waals surface area contributed by atoms with Crippen molar-refractivity contribution in [1.82, 2.24) is 9.97 Å². The maximum Gasteiger partial charge on any atom is 0.280 e. The molecule has 0 atom stereocenters. The lowest BCUT2D eigenvalue weighted by Crippen LogP contribution is -2.13. The number of aryl methyl sites for hydroxylation is 2. The van der Waals surface area contributed by atoms with Crippen LogP contribution in [0.2, 0.25) is 0 Å². The molecule has 0 aliphatic rings. The fraction of sp³-hybridized carbons (Fsp3) is 0.133. The first-order valence-corrected chi connectivity index (χ1v) is 7.19. The molecule has 106 valence electrons. The molecule has 0 unspecified atom stereocenters. The molecule has 0 bridgehead atoms. The van der Waals surface area contributed by atoms with E-state index in [0.29, 0.717) is 10.9 Å². The van der Waals surface area contributed by atoms with E-state index in [1.54, 1.807) is 6.20 Å². The maximum absolute atomic E-state index is 12.3. The number of hydrogen-bond acceptors (Lipinski definition) is 5. The van der Waals surface area contributed by atoms with Crippen molar-refractivity contribution in [3.05, 3.63) is 53.0 Å². The normalized spacial score (nSPS) is 10.6. The summed E-state index contributed by atoms with van der Waals surface area (Å²) in [7, 11) is 0. The molecule has 1 amide bonds. The molecule has 0 radical (unpaired) electrons. The van der Waals surface area contributed by atoms with Crippen LogP contribution in [0.1, 0.15) is 20.9 Å². The Morgan fingerprint density at radius 3 is 2.86 bits per heavy atom. The van der Waals surface area contributed by atoms with E-state index < -0.39 is 0 Å². The van der Waals surface area contributed by atoms with Crippen molar-refractivity contribution in [2.45, 2.75) is 13.8 Å². The van der Waals surface area contributed by atoms with Crippen LogP contribution in [0.25, 0.3) is 11.3 Å². The molecule has 1 N–H and O–H groups in total. The molecule has 0 aliphatic carbocycles. The van der Waals surface area contributed by atoms with Gasteiger partial charge in [0.1, 0.15) is 0 Å². The van der Waals surface area contributed by atoms with Crippen molar-refractivity contribution < 1.29 is 9.21 Å². The fourth-order valence-electron chi connectivity index (χ4n) is 1.97. The van der Waals surface area contributed by atoms with Gasteiger partial charge in [-0.15, -0.1) is 11.3 Å². The highest BCUT2D eigenvalue weighted by Gasteiger charge is 2.19. The van der Waals surface area contributed by atoms with E-state index in [4.69, 9.17) is 4.42 Å². The minimum atomic E-state index is -0.324. The highest BCUT2D eigenvalue weighted by Crippen LogP contribution is 2.25. The smallest absolute Gasteiger partial charge is 0.280 e. The second-order valence-electron chi connectivity index (χ2n) is 4.63. The Kier molecular flexibility index (Phi) is 3.53. The van der Waals surface area contributed by atoms with Crippen molar-refractivity contribution in [1.29, 1.82) is 0 Å². The number of hydrogen-bond donors (Lipinski definition) is 1. The summed E-state index contributed by atoms with van der Waals surface area (Å²) >= 11 is 1.42. The number of amides is 1. The van der Waals surface area contributed by atoms with E-state index in [2.05, 4.69) is 15.3 Å². The molecule has 3 rings (SSSR count). The average Bonchev–Trinajstić information content (AvgIpc) is 3.07. The van der Waals surface area contributed by atoms with Crippen molar-refractivity contribution in [3.63, 3.8) is 0 Å². The van der Waals surface area contributed by atoms with Crippen molar-refractivity contribution >= 4 is 22.4 Å². The number of nitrogens with zero attached hydrogens (tertiary/aromatic N) is 2. The summed E-state index contributed by atoms with van der Waals surface area (Å²) in [6, 6.07) is 7.74.